The van der Waals surface area contributed by atoms with E-state index < -0.39 is 0 Å². The highest BCUT2D eigenvalue weighted by Gasteiger charge is 2.14. The molecule has 0 saturated carbocycles. The number of benzene rings is 2. The molecule has 3 aromatic rings. The van der Waals surface area contributed by atoms with Crippen LogP contribution in [0.4, 0.5) is 5.69 Å². The number of para-hydroxylation sites is 1. The Kier molecular flexibility index (Phi) is 9.30. The Morgan fingerprint density at radius 3 is 2.55 bits per heavy atom. The van der Waals surface area contributed by atoms with Crippen molar-refractivity contribution in [1.29, 1.82) is 0 Å². The quantitative estimate of drug-likeness (QED) is 0.386. The van der Waals surface area contributed by atoms with Crippen molar-refractivity contribution in [2.45, 2.75) is 20.4 Å². The number of nitrogens with one attached hydrogen (secondary N) is 2. The van der Waals surface area contributed by atoms with E-state index >= 15 is 0 Å². The van der Waals surface area contributed by atoms with Crippen LogP contribution < -0.4 is 15.4 Å². The number of likely N-dealkylation sites (N-methyl/N-ethyl adjacent to an activating group) is 1. The van der Waals surface area contributed by atoms with Gasteiger partial charge in [-0.2, -0.15) is 0 Å². The van der Waals surface area contributed by atoms with Crippen LogP contribution in [0.2, 0.25) is 5.02 Å². The molecule has 0 spiro atoms. The van der Waals surface area contributed by atoms with E-state index in [1.54, 1.807) is 30.3 Å². The topological polar surface area (TPSA) is 70.7 Å². The van der Waals surface area contributed by atoms with Gasteiger partial charge in [0, 0.05) is 24.2 Å². The van der Waals surface area contributed by atoms with Crippen molar-refractivity contribution in [3.63, 3.8) is 0 Å². The van der Waals surface area contributed by atoms with Gasteiger partial charge in [-0.05, 0) is 48.8 Å². The Labute approximate surface area is 203 Å². The summed E-state index contributed by atoms with van der Waals surface area (Å²) in [6, 6.07) is 16.0. The molecule has 6 nitrogen and oxygen atoms in total. The van der Waals surface area contributed by atoms with E-state index in [2.05, 4.69) is 29.4 Å². The molecule has 0 unspecified atom stereocenters. The van der Waals surface area contributed by atoms with E-state index in [0.29, 0.717) is 34.3 Å². The summed E-state index contributed by atoms with van der Waals surface area (Å²) >= 11 is 7.56. The summed E-state index contributed by atoms with van der Waals surface area (Å²) in [4.78, 5) is 28.0. The monoisotopic (exact) mass is 485 g/mol. The second-order valence-corrected chi connectivity index (χ2v) is 8.65. The van der Waals surface area contributed by atoms with Crippen LogP contribution in [0.1, 0.15) is 39.4 Å². The number of amides is 2. The van der Waals surface area contributed by atoms with Crippen molar-refractivity contribution in [2.24, 2.45) is 0 Å². The molecule has 0 saturated heterocycles. The highest BCUT2D eigenvalue weighted by Crippen LogP contribution is 2.25. The molecule has 0 aliphatic heterocycles. The lowest BCUT2D eigenvalue weighted by Gasteiger charge is -2.19. The summed E-state index contributed by atoms with van der Waals surface area (Å²) in [5.74, 6) is 0.224. The number of nitrogens with zero attached hydrogens (tertiary/aromatic N) is 1. The highest BCUT2D eigenvalue weighted by molar-refractivity contribution is 7.12. The molecule has 0 aliphatic rings. The minimum Gasteiger partial charge on any atom is -0.492 e. The number of carbonyl (C=O) groups is 2. The normalized spacial score (nSPS) is 10.8. The zero-order valence-corrected chi connectivity index (χ0v) is 20.3. The number of rotatable bonds is 11. The third-order valence-corrected chi connectivity index (χ3v) is 6.39. The third-order valence-electron chi connectivity index (χ3n) is 5.19. The average molecular weight is 486 g/mol. The number of carbonyl (C=O) groups excluding carboxylic acids is 2. The largest absolute Gasteiger partial charge is 0.492 e. The Balaban J connectivity index is 1.61. The van der Waals surface area contributed by atoms with Crippen LogP contribution in [0.3, 0.4) is 0 Å². The Morgan fingerprint density at radius 1 is 1.03 bits per heavy atom. The molecule has 1 heterocycles. The zero-order chi connectivity index (χ0) is 23.6. The smallest absolute Gasteiger partial charge is 0.265 e. The van der Waals surface area contributed by atoms with Gasteiger partial charge in [0.1, 0.15) is 12.4 Å². The van der Waals surface area contributed by atoms with Crippen molar-refractivity contribution in [2.75, 3.05) is 31.6 Å². The molecule has 1 aromatic heterocycles. The maximum Gasteiger partial charge on any atom is 0.265 e. The molecule has 3 rings (SSSR count). The molecule has 0 aliphatic carbocycles. The lowest BCUT2D eigenvalue weighted by molar-refractivity contribution is 0.0949. The van der Waals surface area contributed by atoms with E-state index in [0.717, 1.165) is 30.9 Å². The fourth-order valence-electron chi connectivity index (χ4n) is 3.25. The minimum atomic E-state index is -0.267. The number of hydrogen-bond donors (Lipinski definition) is 2. The fourth-order valence-corrected chi connectivity index (χ4v) is 4.03. The summed E-state index contributed by atoms with van der Waals surface area (Å²) in [6.07, 6.45) is 0. The first-order valence-corrected chi connectivity index (χ1v) is 12.1. The molecule has 33 heavy (non-hydrogen) atoms. The lowest BCUT2D eigenvalue weighted by Crippen LogP contribution is -2.28. The first-order chi connectivity index (χ1) is 16.0. The van der Waals surface area contributed by atoms with Gasteiger partial charge >= 0.3 is 0 Å². The van der Waals surface area contributed by atoms with Gasteiger partial charge in [-0.1, -0.05) is 49.7 Å². The van der Waals surface area contributed by atoms with Gasteiger partial charge in [-0.3, -0.25) is 9.59 Å². The average Bonchev–Trinajstić information content (AvgIpc) is 3.37. The van der Waals surface area contributed by atoms with E-state index in [1.807, 2.05) is 29.6 Å². The van der Waals surface area contributed by atoms with E-state index in [1.165, 1.54) is 11.3 Å². The van der Waals surface area contributed by atoms with Crippen LogP contribution in [0.15, 0.2) is 60.0 Å². The summed E-state index contributed by atoms with van der Waals surface area (Å²) in [5.41, 5.74) is 1.69. The highest BCUT2D eigenvalue weighted by atomic mass is 35.5. The summed E-state index contributed by atoms with van der Waals surface area (Å²) in [5, 5.41) is 7.88. The molecule has 2 amide bonds. The minimum absolute atomic E-state index is 0.264. The molecule has 0 fully saturated rings. The molecule has 0 atom stereocenters. The molecule has 2 N–H and O–H groups in total. The summed E-state index contributed by atoms with van der Waals surface area (Å²) in [6.45, 7) is 7.96. The molecule has 0 bridgehead atoms. The van der Waals surface area contributed by atoms with Crippen molar-refractivity contribution in [3.05, 3.63) is 81.0 Å². The first kappa shape index (κ1) is 24.8. The molecular weight excluding hydrogens is 458 g/mol. The predicted octanol–water partition coefficient (Wildman–Crippen LogP) is 5.30. The number of halogens is 1. The van der Waals surface area contributed by atoms with Crippen molar-refractivity contribution >= 4 is 40.4 Å². The molecule has 174 valence electrons. The number of hydrogen-bond acceptors (Lipinski definition) is 5. The van der Waals surface area contributed by atoms with Gasteiger partial charge < -0.3 is 20.3 Å². The van der Waals surface area contributed by atoms with Crippen molar-refractivity contribution < 1.29 is 14.3 Å². The number of thiophene rings is 1. The first-order valence-electron chi connectivity index (χ1n) is 10.9. The van der Waals surface area contributed by atoms with Gasteiger partial charge in [-0.25, -0.2) is 0 Å². The Bertz CT molecular complexity index is 1070. The second-order valence-electron chi connectivity index (χ2n) is 7.29. The maximum atomic E-state index is 12.8. The lowest BCUT2D eigenvalue weighted by atomic mass is 10.1. The second kappa shape index (κ2) is 12.4. The van der Waals surface area contributed by atoms with Gasteiger partial charge in [0.25, 0.3) is 11.8 Å². The molecule has 8 heteroatoms. The van der Waals surface area contributed by atoms with Gasteiger partial charge in [0.2, 0.25) is 0 Å². The van der Waals surface area contributed by atoms with Crippen molar-refractivity contribution in [3.8, 4) is 5.75 Å². The molecule has 0 radical (unpaired) electrons. The van der Waals surface area contributed by atoms with Gasteiger partial charge in [0.05, 0.1) is 15.6 Å². The van der Waals surface area contributed by atoms with E-state index in [9.17, 15) is 9.59 Å². The number of ether oxygens (including phenoxy) is 1. The Hall–Kier alpha value is -2.87. The van der Waals surface area contributed by atoms with E-state index in [-0.39, 0.29) is 11.8 Å². The van der Waals surface area contributed by atoms with Gasteiger partial charge in [0.15, 0.2) is 0 Å². The van der Waals surface area contributed by atoms with Crippen LogP contribution >= 0.6 is 22.9 Å². The molecular formula is C25H28ClN3O3S. The van der Waals surface area contributed by atoms with Crippen LogP contribution in [0, 0.1) is 0 Å². The standard InChI is InChI=1S/C25H28ClN3O3S/c1-3-29(4-2)13-14-32-22-9-6-5-8-19(22)17-27-24(30)18-11-12-20(26)21(16-18)28-25(31)23-10-7-15-33-23/h5-12,15-16H,3-4,13-14,17H2,1-2H3,(H,27,30)(H,28,31). The Morgan fingerprint density at radius 2 is 1.82 bits per heavy atom. The summed E-state index contributed by atoms with van der Waals surface area (Å²) < 4.78 is 5.97. The SMILES string of the molecule is CCN(CC)CCOc1ccccc1CNC(=O)c1ccc(Cl)c(NC(=O)c2cccs2)c1. The fraction of sp³-hybridized carbons (Fsp3) is 0.280. The maximum absolute atomic E-state index is 12.8. The third kappa shape index (κ3) is 7.05. The van der Waals surface area contributed by atoms with Crippen LogP contribution in [0.5, 0.6) is 5.75 Å². The predicted molar refractivity (Wildman–Crippen MR) is 135 cm³/mol. The van der Waals surface area contributed by atoms with Crippen molar-refractivity contribution in [1.82, 2.24) is 10.2 Å². The summed E-state index contributed by atoms with van der Waals surface area (Å²) in [7, 11) is 0. The molecule has 2 aromatic carbocycles. The van der Waals surface area contributed by atoms with E-state index in [4.69, 9.17) is 16.3 Å². The zero-order valence-electron chi connectivity index (χ0n) is 18.8. The van der Waals surface area contributed by atoms with Crippen LogP contribution in [0.25, 0.3) is 0 Å². The van der Waals surface area contributed by atoms with Crippen LogP contribution in [-0.2, 0) is 6.54 Å². The van der Waals surface area contributed by atoms with Gasteiger partial charge in [-0.15, -0.1) is 11.3 Å². The van der Waals surface area contributed by atoms with Crippen LogP contribution in [-0.4, -0.2) is 43.0 Å². The number of anilines is 1.